The minimum absolute atomic E-state index is 0.0351. The van der Waals surface area contributed by atoms with Crippen LogP contribution in [0.15, 0.2) is 57.5 Å². The van der Waals surface area contributed by atoms with Crippen LogP contribution in [0.25, 0.3) is 22.9 Å². The van der Waals surface area contributed by atoms with E-state index in [1.165, 1.54) is 65.4 Å². The smallest absolute Gasteiger partial charge is 0.307 e. The number of aliphatic hydroxyl groups excluding tert-OH is 4. The van der Waals surface area contributed by atoms with E-state index in [0.29, 0.717) is 13.2 Å². The van der Waals surface area contributed by atoms with Gasteiger partial charge in [0.1, 0.15) is 41.4 Å². The molecule has 1 amide bonds. The number of hydrogen-bond donors (Lipinski definition) is 6. The predicted molar refractivity (Wildman–Crippen MR) is 244 cm³/mol. The van der Waals surface area contributed by atoms with Gasteiger partial charge in [0.2, 0.25) is 5.43 Å². The van der Waals surface area contributed by atoms with Crippen LogP contribution in [0.3, 0.4) is 0 Å². The average Bonchev–Trinajstić information content (AvgIpc) is 3.54. The first kappa shape index (κ1) is 50.6. The quantitative estimate of drug-likeness (QED) is 0.133. The van der Waals surface area contributed by atoms with Gasteiger partial charge in [-0.05, 0) is 34.0 Å². The van der Waals surface area contributed by atoms with Crippen LogP contribution in [-0.4, -0.2) is 125 Å². The Morgan fingerprint density at radius 2 is 1.67 bits per heavy atom. The topological polar surface area (TPSA) is 249 Å². The lowest BCUT2D eigenvalue weighted by Crippen LogP contribution is -2.46. The van der Waals surface area contributed by atoms with Gasteiger partial charge in [-0.25, -0.2) is 4.98 Å². The maximum Gasteiger partial charge on any atom is 0.307 e. The third kappa shape index (κ3) is 10.2. The number of ether oxygens (including phenoxy) is 6. The van der Waals surface area contributed by atoms with Gasteiger partial charge in [0.15, 0.2) is 22.6 Å². The number of aromatic nitrogens is 1. The van der Waals surface area contributed by atoms with Crippen molar-refractivity contribution < 1.29 is 68.0 Å². The van der Waals surface area contributed by atoms with Crippen molar-refractivity contribution in [3.8, 4) is 28.7 Å². The molecule has 3 heterocycles. The molecule has 0 spiro atoms. The minimum Gasteiger partial charge on any atom is -0.507 e. The number of phenolic OH excluding ortho intramolecular Hbond substituents is 1. The van der Waals surface area contributed by atoms with Crippen molar-refractivity contribution in [3.05, 3.63) is 90.8 Å². The summed E-state index contributed by atoms with van der Waals surface area (Å²) in [5.74, 6) is -6.71. The summed E-state index contributed by atoms with van der Waals surface area (Å²) in [4.78, 5) is 46.9. The second kappa shape index (κ2) is 20.6. The number of nitrogens with zero attached hydrogens (tertiary/aromatic N) is 2. The zero-order chi connectivity index (χ0) is 49.2. The molecule has 3 aliphatic heterocycles. The van der Waals surface area contributed by atoms with E-state index >= 15 is 0 Å². The van der Waals surface area contributed by atoms with Crippen LogP contribution in [0.2, 0.25) is 0 Å². The van der Waals surface area contributed by atoms with Gasteiger partial charge in [0, 0.05) is 85.2 Å². The standard InChI is InChI=1S/C49H63N3O15/c1-23-13-12-14-24(2)48(60)51-39-43(58)35-34(38-46(39)66-33-22-30(21-31(54)37(33)50-38)63-20-19-62-18-16-52(9)10)36-45(28(6)42(35)57)67-49(8,47(36)59)64-17-15-32(61-11)25(3)44(65-29(7)53)27(5)41(56)26(4)40(23)55/h12-15,17,21-23,25-27,32,40-41,43-44,55-59H,16,18-20H2,1-11H3,(H,51,60)/b13-12+,17-15+,24-14-/t23-,25+,26+,27+,32-,40-,41+,43?,44+,49-/m0/s1. The second-order valence-electron chi connectivity index (χ2n) is 17.9. The monoisotopic (exact) mass is 933 g/mol. The van der Waals surface area contributed by atoms with Crippen molar-refractivity contribution in [2.45, 2.75) is 91.7 Å². The van der Waals surface area contributed by atoms with E-state index in [9.17, 15) is 39.9 Å². The Balaban J connectivity index is 1.59. The molecule has 18 heteroatoms. The summed E-state index contributed by atoms with van der Waals surface area (Å²) in [5.41, 5.74) is -1.12. The molecule has 0 fully saturated rings. The Hall–Kier alpha value is -5.76. The maximum absolute atomic E-state index is 14.0. The number of carbonyl (C=O) groups is 2. The molecule has 1 aromatic rings. The third-order valence-electron chi connectivity index (χ3n) is 12.7. The molecular formula is C49H63N3O15. The van der Waals surface area contributed by atoms with E-state index < -0.39 is 88.8 Å². The summed E-state index contributed by atoms with van der Waals surface area (Å²) < 4.78 is 41.8. The molecule has 6 rings (SSSR count). The van der Waals surface area contributed by atoms with E-state index in [1.807, 2.05) is 19.0 Å². The van der Waals surface area contributed by atoms with Gasteiger partial charge in [-0.2, -0.15) is 0 Å². The number of fused-ring (bicyclic) bond motifs is 4. The number of carbonyl (C=O) groups excluding carboxylic acids is 2. The number of aromatic hydroxyl groups is 1. The van der Waals surface area contributed by atoms with Gasteiger partial charge < -0.3 is 68.6 Å². The van der Waals surface area contributed by atoms with Crippen molar-refractivity contribution in [3.63, 3.8) is 0 Å². The SMILES string of the molecule is CO[C@H]1/C=C/O[C@@]2(C)Oc3c(C)c(O)c4c(c3=C2O)=c2nc3c(=O)cc(OCCOCCN(C)C)cc-3oc2=C(NC(=O)/C(C)=C\C=C\[C@H](C)[C@H](O)[C@@H](C)[C@@H](O)[C@@H](C)[C@H](OC(C)=O)[C@@H]1C)C4O. The lowest BCUT2D eigenvalue weighted by atomic mass is 9.78. The maximum atomic E-state index is 14.0. The fraction of sp³-hybridized carbons (Fsp3) is 0.510. The van der Waals surface area contributed by atoms with Gasteiger partial charge in [-0.3, -0.25) is 14.4 Å². The molecule has 18 nitrogen and oxygen atoms in total. The van der Waals surface area contributed by atoms with Crippen LogP contribution in [0, 0.1) is 41.2 Å². The Kier molecular flexibility index (Phi) is 15.6. The van der Waals surface area contributed by atoms with Crippen LogP contribution in [0.4, 0.5) is 0 Å². The van der Waals surface area contributed by atoms with Crippen LogP contribution < -0.4 is 30.9 Å². The highest BCUT2D eigenvalue weighted by Crippen LogP contribution is 2.42. The third-order valence-corrected chi connectivity index (χ3v) is 12.7. The van der Waals surface area contributed by atoms with E-state index in [2.05, 4.69) is 5.32 Å². The fourth-order valence-electron chi connectivity index (χ4n) is 8.67. The molecule has 0 saturated heterocycles. The Morgan fingerprint density at radius 3 is 2.34 bits per heavy atom. The normalized spacial score (nSPS) is 29.6. The molecule has 0 radical (unpaired) electrons. The highest BCUT2D eigenvalue weighted by atomic mass is 16.7. The Morgan fingerprint density at radius 1 is 0.955 bits per heavy atom. The number of esters is 1. The van der Waals surface area contributed by atoms with E-state index in [0.717, 1.165) is 0 Å². The van der Waals surface area contributed by atoms with E-state index in [-0.39, 0.29) is 79.8 Å². The van der Waals surface area contributed by atoms with Crippen molar-refractivity contribution >= 4 is 23.3 Å². The zero-order valence-electron chi connectivity index (χ0n) is 39.8. The summed E-state index contributed by atoms with van der Waals surface area (Å²) in [5, 5.41) is 61.8. The molecule has 10 atom stereocenters. The Bertz CT molecular complexity index is 2710. The zero-order valence-corrected chi connectivity index (χ0v) is 39.8. The van der Waals surface area contributed by atoms with E-state index in [4.69, 9.17) is 37.8 Å². The number of likely N-dealkylation sites (N-methyl/N-ethyl adjacent to an activating group) is 1. The van der Waals surface area contributed by atoms with E-state index in [1.54, 1.807) is 39.8 Å². The number of aliphatic hydroxyl groups is 4. The lowest BCUT2D eigenvalue weighted by Gasteiger charge is -2.38. The molecular weight excluding hydrogens is 871 g/mol. The summed E-state index contributed by atoms with van der Waals surface area (Å²) in [6.07, 6.45) is 1.75. The molecule has 6 N–H and O–H groups in total. The molecule has 364 valence electrons. The van der Waals surface area contributed by atoms with Crippen molar-refractivity contribution in [2.24, 2.45) is 23.7 Å². The summed E-state index contributed by atoms with van der Waals surface area (Å²) in [6.45, 7) is 14.2. The Labute approximate surface area is 388 Å². The molecule has 0 saturated carbocycles. The largest absolute Gasteiger partial charge is 0.507 e. The average molecular weight is 934 g/mol. The number of rotatable bonds is 9. The van der Waals surface area contributed by atoms with Gasteiger partial charge in [-0.15, -0.1) is 0 Å². The molecule has 67 heavy (non-hydrogen) atoms. The number of nitrogens with one attached hydrogen (secondary N) is 1. The second-order valence-corrected chi connectivity index (χ2v) is 17.9. The molecule has 5 bridgehead atoms. The molecule has 1 unspecified atom stereocenters. The van der Waals surface area contributed by atoms with Crippen molar-refractivity contribution in [1.29, 1.82) is 0 Å². The predicted octanol–water partition coefficient (Wildman–Crippen LogP) is 2.70. The number of hydrogen-bond acceptors (Lipinski definition) is 17. The van der Waals surface area contributed by atoms with Crippen LogP contribution in [0.1, 0.15) is 65.7 Å². The molecule has 0 aromatic heterocycles. The number of benzene rings is 2. The number of amides is 1. The first-order valence-corrected chi connectivity index (χ1v) is 22.2. The van der Waals surface area contributed by atoms with Gasteiger partial charge >= 0.3 is 11.8 Å². The first-order chi connectivity index (χ1) is 31.6. The van der Waals surface area contributed by atoms with Gasteiger partial charge in [0.25, 0.3) is 5.91 Å². The summed E-state index contributed by atoms with van der Waals surface area (Å²) >= 11 is 0. The van der Waals surface area contributed by atoms with Crippen LogP contribution in [-0.2, 0) is 28.5 Å². The molecule has 1 aromatic carbocycles. The number of methoxy groups -OCH3 is 1. The minimum atomic E-state index is -1.97. The first-order valence-electron chi connectivity index (χ1n) is 22.2. The van der Waals surface area contributed by atoms with Gasteiger partial charge in [-0.1, -0.05) is 45.9 Å². The highest BCUT2D eigenvalue weighted by molar-refractivity contribution is 5.97. The van der Waals surface area contributed by atoms with Crippen LogP contribution in [0.5, 0.6) is 17.2 Å². The fourth-order valence-corrected chi connectivity index (χ4v) is 8.67. The number of allylic oxidation sites excluding steroid dienone is 2. The highest BCUT2D eigenvalue weighted by Gasteiger charge is 2.45. The number of phenols is 1. The lowest BCUT2D eigenvalue weighted by molar-refractivity contribution is -0.160. The molecule has 5 aliphatic rings. The summed E-state index contributed by atoms with van der Waals surface area (Å²) in [7, 11) is 5.29. The molecule has 2 aliphatic carbocycles. The van der Waals surface area contributed by atoms with Crippen LogP contribution >= 0.6 is 0 Å². The van der Waals surface area contributed by atoms with Crippen molar-refractivity contribution in [1.82, 2.24) is 15.2 Å². The van der Waals surface area contributed by atoms with Crippen molar-refractivity contribution in [2.75, 3.05) is 47.6 Å². The van der Waals surface area contributed by atoms with Gasteiger partial charge in [0.05, 0.1) is 48.7 Å². The summed E-state index contributed by atoms with van der Waals surface area (Å²) in [6, 6.07) is 2.68.